The van der Waals surface area contributed by atoms with Gasteiger partial charge in [-0.3, -0.25) is 19.7 Å². The SMILES string of the molecule is Cc1cc(C(=O)Nc2cc(Cl)ccc2N2CCN(C(=O)CC(C)C)CC2)ccc1[N+](=O)[O-]. The first-order valence-corrected chi connectivity index (χ1v) is 10.9. The van der Waals surface area contributed by atoms with Gasteiger partial charge in [-0.2, -0.15) is 0 Å². The Hall–Kier alpha value is -3.13. The maximum atomic E-state index is 12.8. The second-order valence-electron chi connectivity index (χ2n) is 8.34. The van der Waals surface area contributed by atoms with Gasteiger partial charge in [0.15, 0.2) is 0 Å². The van der Waals surface area contributed by atoms with Gasteiger partial charge in [-0.15, -0.1) is 0 Å². The van der Waals surface area contributed by atoms with Crippen molar-refractivity contribution in [1.29, 1.82) is 0 Å². The van der Waals surface area contributed by atoms with Gasteiger partial charge in [-0.05, 0) is 43.2 Å². The molecule has 0 spiro atoms. The molecule has 0 bridgehead atoms. The second kappa shape index (κ2) is 9.99. The molecule has 2 aromatic rings. The molecule has 170 valence electrons. The third-order valence-electron chi connectivity index (χ3n) is 5.42. The number of nitro groups is 1. The van der Waals surface area contributed by atoms with Crippen LogP contribution in [0.2, 0.25) is 5.02 Å². The van der Waals surface area contributed by atoms with Gasteiger partial charge < -0.3 is 15.1 Å². The lowest BCUT2D eigenvalue weighted by atomic mass is 10.1. The highest BCUT2D eigenvalue weighted by molar-refractivity contribution is 6.31. The predicted molar refractivity (Wildman–Crippen MR) is 125 cm³/mol. The third kappa shape index (κ3) is 5.56. The molecule has 2 aromatic carbocycles. The van der Waals surface area contributed by atoms with Gasteiger partial charge in [0.1, 0.15) is 0 Å². The van der Waals surface area contributed by atoms with Crippen molar-refractivity contribution in [2.45, 2.75) is 27.2 Å². The van der Waals surface area contributed by atoms with Crippen LogP contribution in [-0.2, 0) is 4.79 Å². The molecule has 0 atom stereocenters. The van der Waals surface area contributed by atoms with E-state index in [0.717, 1.165) is 5.69 Å². The van der Waals surface area contributed by atoms with E-state index in [-0.39, 0.29) is 17.5 Å². The number of halogens is 1. The number of hydrogen-bond acceptors (Lipinski definition) is 5. The normalized spacial score (nSPS) is 13.9. The number of amides is 2. The Bertz CT molecular complexity index is 1030. The molecule has 0 saturated carbocycles. The zero-order chi connectivity index (χ0) is 23.4. The lowest BCUT2D eigenvalue weighted by Gasteiger charge is -2.37. The molecule has 1 aliphatic heterocycles. The minimum atomic E-state index is -0.475. The summed E-state index contributed by atoms with van der Waals surface area (Å²) in [7, 11) is 0. The van der Waals surface area contributed by atoms with Gasteiger partial charge in [0, 0.05) is 54.8 Å². The Labute approximate surface area is 192 Å². The summed E-state index contributed by atoms with van der Waals surface area (Å²) < 4.78 is 0. The molecule has 1 heterocycles. The molecule has 32 heavy (non-hydrogen) atoms. The Kier molecular flexibility index (Phi) is 7.35. The zero-order valence-corrected chi connectivity index (χ0v) is 19.2. The topological polar surface area (TPSA) is 95.8 Å². The van der Waals surface area contributed by atoms with Crippen molar-refractivity contribution in [3.63, 3.8) is 0 Å². The summed E-state index contributed by atoms with van der Waals surface area (Å²) in [6.07, 6.45) is 0.539. The fourth-order valence-electron chi connectivity index (χ4n) is 3.76. The van der Waals surface area contributed by atoms with E-state index in [1.165, 1.54) is 18.2 Å². The highest BCUT2D eigenvalue weighted by atomic mass is 35.5. The fourth-order valence-corrected chi connectivity index (χ4v) is 3.93. The number of rotatable bonds is 6. The van der Waals surface area contributed by atoms with E-state index in [4.69, 9.17) is 11.6 Å². The van der Waals surface area contributed by atoms with E-state index >= 15 is 0 Å². The summed E-state index contributed by atoms with van der Waals surface area (Å²) in [6.45, 7) is 8.18. The number of benzene rings is 2. The first-order valence-electron chi connectivity index (χ1n) is 10.5. The molecule has 1 fully saturated rings. The molecule has 0 aliphatic carbocycles. The fraction of sp³-hybridized carbons (Fsp3) is 0.391. The molecule has 1 aliphatic rings. The van der Waals surface area contributed by atoms with Crippen molar-refractivity contribution in [1.82, 2.24) is 4.90 Å². The van der Waals surface area contributed by atoms with E-state index in [1.54, 1.807) is 19.1 Å². The van der Waals surface area contributed by atoms with Crippen LogP contribution in [0.3, 0.4) is 0 Å². The third-order valence-corrected chi connectivity index (χ3v) is 5.65. The quantitative estimate of drug-likeness (QED) is 0.507. The van der Waals surface area contributed by atoms with Crippen LogP contribution in [0.4, 0.5) is 17.1 Å². The minimum Gasteiger partial charge on any atom is -0.366 e. The molecule has 2 amide bonds. The van der Waals surface area contributed by atoms with Gasteiger partial charge in [-0.25, -0.2) is 0 Å². The van der Waals surface area contributed by atoms with E-state index < -0.39 is 4.92 Å². The van der Waals surface area contributed by atoms with Gasteiger partial charge >= 0.3 is 0 Å². The molecule has 1 saturated heterocycles. The van der Waals surface area contributed by atoms with Gasteiger partial charge in [0.25, 0.3) is 11.6 Å². The first kappa shape index (κ1) is 23.5. The van der Waals surface area contributed by atoms with Crippen molar-refractivity contribution in [3.8, 4) is 0 Å². The van der Waals surface area contributed by atoms with Gasteiger partial charge in [0.05, 0.1) is 16.3 Å². The van der Waals surface area contributed by atoms with Gasteiger partial charge in [-0.1, -0.05) is 25.4 Å². The lowest BCUT2D eigenvalue weighted by molar-refractivity contribution is -0.385. The summed E-state index contributed by atoms with van der Waals surface area (Å²) >= 11 is 6.18. The van der Waals surface area contributed by atoms with E-state index in [1.807, 2.05) is 24.8 Å². The number of aryl methyl sites for hydroxylation is 1. The molecule has 0 unspecified atom stereocenters. The lowest BCUT2D eigenvalue weighted by Crippen LogP contribution is -2.49. The number of nitrogens with zero attached hydrogens (tertiary/aromatic N) is 3. The molecule has 0 aromatic heterocycles. The second-order valence-corrected chi connectivity index (χ2v) is 8.78. The summed E-state index contributed by atoms with van der Waals surface area (Å²) in [5, 5.41) is 14.4. The molecular weight excluding hydrogens is 432 g/mol. The average Bonchev–Trinajstić information content (AvgIpc) is 2.73. The van der Waals surface area contributed by atoms with Crippen LogP contribution in [0.15, 0.2) is 36.4 Å². The van der Waals surface area contributed by atoms with Crippen LogP contribution in [0.25, 0.3) is 0 Å². The van der Waals surface area contributed by atoms with Crippen molar-refractivity contribution in [3.05, 3.63) is 62.7 Å². The Balaban J connectivity index is 1.75. The number of hydrogen-bond donors (Lipinski definition) is 1. The maximum Gasteiger partial charge on any atom is 0.272 e. The number of nitrogens with one attached hydrogen (secondary N) is 1. The molecule has 3 rings (SSSR count). The van der Waals surface area contributed by atoms with Gasteiger partial charge in [0.2, 0.25) is 5.91 Å². The van der Waals surface area contributed by atoms with Crippen LogP contribution < -0.4 is 10.2 Å². The number of anilines is 2. The number of nitro benzene ring substituents is 1. The van der Waals surface area contributed by atoms with E-state index in [0.29, 0.717) is 60.4 Å². The monoisotopic (exact) mass is 458 g/mol. The van der Waals surface area contributed by atoms with Crippen LogP contribution >= 0.6 is 11.6 Å². The largest absolute Gasteiger partial charge is 0.366 e. The number of piperazine rings is 1. The molecule has 9 heteroatoms. The van der Waals surface area contributed by atoms with Crippen LogP contribution in [0, 0.1) is 23.0 Å². The van der Waals surface area contributed by atoms with Crippen molar-refractivity contribution < 1.29 is 14.5 Å². The molecule has 1 N–H and O–H groups in total. The van der Waals surface area contributed by atoms with Crippen LogP contribution in [-0.4, -0.2) is 47.8 Å². The van der Waals surface area contributed by atoms with E-state index in [9.17, 15) is 19.7 Å². The average molecular weight is 459 g/mol. The Morgan fingerprint density at radius 2 is 1.81 bits per heavy atom. The summed E-state index contributed by atoms with van der Waals surface area (Å²) in [4.78, 5) is 39.7. The predicted octanol–water partition coefficient (Wildman–Crippen LogP) is 4.50. The van der Waals surface area contributed by atoms with Crippen LogP contribution in [0.1, 0.15) is 36.2 Å². The zero-order valence-electron chi connectivity index (χ0n) is 18.4. The highest BCUT2D eigenvalue weighted by Crippen LogP contribution is 2.31. The number of carbonyl (C=O) groups is 2. The van der Waals surface area contributed by atoms with Crippen molar-refractivity contribution >= 4 is 40.5 Å². The molecular formula is C23H27ClN4O4. The van der Waals surface area contributed by atoms with Crippen molar-refractivity contribution in [2.24, 2.45) is 5.92 Å². The maximum absolute atomic E-state index is 12.8. The summed E-state index contributed by atoms with van der Waals surface area (Å²) in [6, 6.07) is 9.56. The summed E-state index contributed by atoms with van der Waals surface area (Å²) in [5.74, 6) is 0.108. The van der Waals surface area contributed by atoms with E-state index in [2.05, 4.69) is 10.2 Å². The Morgan fingerprint density at radius 1 is 1.12 bits per heavy atom. The highest BCUT2D eigenvalue weighted by Gasteiger charge is 2.24. The smallest absolute Gasteiger partial charge is 0.272 e. The molecule has 0 radical (unpaired) electrons. The van der Waals surface area contributed by atoms with Crippen LogP contribution in [0.5, 0.6) is 0 Å². The van der Waals surface area contributed by atoms with Crippen molar-refractivity contribution in [2.75, 3.05) is 36.4 Å². The summed E-state index contributed by atoms with van der Waals surface area (Å²) in [5.41, 5.74) is 2.08. The Morgan fingerprint density at radius 3 is 2.41 bits per heavy atom. The minimum absolute atomic E-state index is 0.0325. The molecule has 8 nitrogen and oxygen atoms in total. The number of carbonyl (C=O) groups excluding carboxylic acids is 2. The standard InChI is InChI=1S/C23H27ClN4O4/c1-15(2)12-22(29)27-10-8-26(9-11-27)21-7-5-18(24)14-19(21)25-23(30)17-4-6-20(28(31)32)16(3)13-17/h4-7,13-15H,8-12H2,1-3H3,(H,25,30). The first-order chi connectivity index (χ1) is 15.2.